The summed E-state index contributed by atoms with van der Waals surface area (Å²) in [5.74, 6) is 0.968. The lowest BCUT2D eigenvalue weighted by atomic mass is 9.79. The molecule has 0 bridgehead atoms. The van der Waals surface area contributed by atoms with Gasteiger partial charge in [0.1, 0.15) is 0 Å². The lowest BCUT2D eigenvalue weighted by Gasteiger charge is -2.43. The minimum Gasteiger partial charge on any atom is -0.317 e. The molecule has 0 unspecified atom stereocenters. The monoisotopic (exact) mass is 302 g/mol. The lowest BCUT2D eigenvalue weighted by Crippen LogP contribution is -2.50. The van der Waals surface area contributed by atoms with E-state index in [4.69, 9.17) is 0 Å². The van der Waals surface area contributed by atoms with E-state index < -0.39 is 10.0 Å². The summed E-state index contributed by atoms with van der Waals surface area (Å²) in [5, 5.41) is 3.25. The van der Waals surface area contributed by atoms with Gasteiger partial charge in [-0.2, -0.15) is 4.31 Å². The molecule has 5 heteroatoms. The number of hydrogen-bond acceptors (Lipinski definition) is 3. The molecule has 118 valence electrons. The van der Waals surface area contributed by atoms with Crippen LogP contribution in [0.25, 0.3) is 0 Å². The first-order chi connectivity index (χ1) is 9.65. The molecule has 0 spiro atoms. The van der Waals surface area contributed by atoms with E-state index >= 15 is 0 Å². The summed E-state index contributed by atoms with van der Waals surface area (Å²) >= 11 is 0. The van der Waals surface area contributed by atoms with Gasteiger partial charge < -0.3 is 5.32 Å². The molecule has 1 N–H and O–H groups in total. The maximum Gasteiger partial charge on any atom is 0.214 e. The van der Waals surface area contributed by atoms with Crippen LogP contribution in [0.2, 0.25) is 0 Å². The Labute approximate surface area is 124 Å². The smallest absolute Gasteiger partial charge is 0.214 e. The highest BCUT2D eigenvalue weighted by Crippen LogP contribution is 2.36. The second-order valence-corrected chi connectivity index (χ2v) is 8.28. The van der Waals surface area contributed by atoms with Crippen LogP contribution in [0.5, 0.6) is 0 Å². The van der Waals surface area contributed by atoms with Crippen molar-refractivity contribution >= 4 is 10.0 Å². The normalized spacial score (nSPS) is 28.2. The molecule has 1 aliphatic heterocycles. The van der Waals surface area contributed by atoms with Gasteiger partial charge in [-0.05, 0) is 57.5 Å². The summed E-state index contributed by atoms with van der Waals surface area (Å²) in [6.45, 7) is 4.73. The van der Waals surface area contributed by atoms with Crippen molar-refractivity contribution in [2.75, 3.05) is 25.4 Å². The average molecular weight is 302 g/mol. The second kappa shape index (κ2) is 7.76. The van der Waals surface area contributed by atoms with E-state index in [-0.39, 0.29) is 0 Å². The Morgan fingerprint density at radius 3 is 2.65 bits per heavy atom. The molecule has 1 saturated heterocycles. The van der Waals surface area contributed by atoms with Gasteiger partial charge in [0.05, 0.1) is 5.75 Å². The molecule has 0 radical (unpaired) electrons. The molecular weight excluding hydrogens is 272 g/mol. The minimum absolute atomic E-state index is 0.316. The first-order valence-corrected chi connectivity index (χ1v) is 9.96. The van der Waals surface area contributed by atoms with Crippen LogP contribution >= 0.6 is 0 Å². The first kappa shape index (κ1) is 16.2. The molecule has 1 saturated carbocycles. The van der Waals surface area contributed by atoms with E-state index in [2.05, 4.69) is 12.2 Å². The molecule has 2 rings (SSSR count). The van der Waals surface area contributed by atoms with Gasteiger partial charge in [-0.1, -0.05) is 19.8 Å². The molecule has 0 aromatic rings. The third-order valence-corrected chi connectivity index (χ3v) is 6.78. The molecule has 2 atom stereocenters. The van der Waals surface area contributed by atoms with E-state index in [1.165, 1.54) is 25.7 Å². The first-order valence-electron chi connectivity index (χ1n) is 8.35. The van der Waals surface area contributed by atoms with Gasteiger partial charge in [-0.25, -0.2) is 8.42 Å². The summed E-state index contributed by atoms with van der Waals surface area (Å²) in [6.07, 6.45) is 8.83. The summed E-state index contributed by atoms with van der Waals surface area (Å²) in [7, 11) is -3.04. The Kier molecular flexibility index (Phi) is 6.30. The van der Waals surface area contributed by atoms with Crippen LogP contribution in [0.3, 0.4) is 0 Å². The zero-order chi connectivity index (χ0) is 14.4. The number of unbranched alkanes of at least 4 members (excludes halogenated alkanes) is 1. The van der Waals surface area contributed by atoms with Crippen molar-refractivity contribution in [3.8, 4) is 0 Å². The van der Waals surface area contributed by atoms with Crippen molar-refractivity contribution in [3.63, 3.8) is 0 Å². The lowest BCUT2D eigenvalue weighted by molar-refractivity contribution is 0.129. The molecule has 0 amide bonds. The fourth-order valence-corrected chi connectivity index (χ4v) is 5.65. The highest BCUT2D eigenvalue weighted by atomic mass is 32.2. The van der Waals surface area contributed by atoms with Gasteiger partial charge in [0.15, 0.2) is 0 Å². The number of fused-ring (bicyclic) bond motifs is 1. The minimum atomic E-state index is -3.04. The Bertz CT molecular complexity index is 381. The number of piperidine rings is 1. The van der Waals surface area contributed by atoms with Gasteiger partial charge in [0.2, 0.25) is 10.0 Å². The number of nitrogens with zero attached hydrogens (tertiary/aromatic N) is 1. The van der Waals surface area contributed by atoms with Gasteiger partial charge in [0.25, 0.3) is 0 Å². The average Bonchev–Trinajstić information content (AvgIpc) is 2.46. The van der Waals surface area contributed by atoms with E-state index in [1.54, 1.807) is 0 Å². The van der Waals surface area contributed by atoms with E-state index in [0.29, 0.717) is 17.7 Å². The van der Waals surface area contributed by atoms with Crippen LogP contribution in [-0.4, -0.2) is 44.2 Å². The van der Waals surface area contributed by atoms with Crippen molar-refractivity contribution < 1.29 is 8.42 Å². The maximum absolute atomic E-state index is 12.6. The van der Waals surface area contributed by atoms with Gasteiger partial charge in [0, 0.05) is 12.6 Å². The summed E-state index contributed by atoms with van der Waals surface area (Å²) in [5.41, 5.74) is 0. The molecule has 1 heterocycles. The number of rotatable bonds is 7. The predicted molar refractivity (Wildman–Crippen MR) is 83.3 cm³/mol. The van der Waals surface area contributed by atoms with Crippen molar-refractivity contribution in [2.24, 2.45) is 5.92 Å². The third-order valence-electron chi connectivity index (χ3n) is 4.81. The molecule has 2 fully saturated rings. The van der Waals surface area contributed by atoms with Crippen molar-refractivity contribution in [1.29, 1.82) is 0 Å². The Hall–Kier alpha value is -0.130. The zero-order valence-corrected chi connectivity index (χ0v) is 13.6. The van der Waals surface area contributed by atoms with Gasteiger partial charge >= 0.3 is 0 Å². The molecule has 4 nitrogen and oxygen atoms in total. The SMILES string of the molecule is CCNCCCCS(=O)(=O)N1CCC[C@H]2CCCC[C@H]21. The summed E-state index contributed by atoms with van der Waals surface area (Å²) < 4.78 is 27.0. The highest BCUT2D eigenvalue weighted by Gasteiger charge is 2.38. The van der Waals surface area contributed by atoms with E-state index in [1.807, 2.05) is 4.31 Å². The molecule has 2 aliphatic rings. The van der Waals surface area contributed by atoms with E-state index in [0.717, 1.165) is 45.3 Å². The molecule has 20 heavy (non-hydrogen) atoms. The van der Waals surface area contributed by atoms with Crippen molar-refractivity contribution in [1.82, 2.24) is 9.62 Å². The number of hydrogen-bond donors (Lipinski definition) is 1. The topological polar surface area (TPSA) is 49.4 Å². The maximum atomic E-state index is 12.6. The largest absolute Gasteiger partial charge is 0.317 e. The third kappa shape index (κ3) is 4.18. The summed E-state index contributed by atoms with van der Waals surface area (Å²) in [6, 6.07) is 0.316. The van der Waals surface area contributed by atoms with Gasteiger partial charge in [-0.3, -0.25) is 0 Å². The zero-order valence-electron chi connectivity index (χ0n) is 12.8. The standard InChI is InChI=1S/C15H30N2O2S/c1-2-16-11-5-6-13-20(18,19)17-12-7-9-14-8-3-4-10-15(14)17/h14-16H,2-13H2,1H3/t14-,15-/m1/s1. The van der Waals surface area contributed by atoms with Crippen molar-refractivity contribution in [3.05, 3.63) is 0 Å². The number of sulfonamides is 1. The van der Waals surface area contributed by atoms with Crippen LogP contribution in [0.4, 0.5) is 0 Å². The summed E-state index contributed by atoms with van der Waals surface area (Å²) in [4.78, 5) is 0. The molecule has 1 aliphatic carbocycles. The Morgan fingerprint density at radius 2 is 1.85 bits per heavy atom. The molecular formula is C15H30N2O2S. The van der Waals surface area contributed by atoms with Crippen LogP contribution in [0.15, 0.2) is 0 Å². The predicted octanol–water partition coefficient (Wildman–Crippen LogP) is 2.36. The molecule has 0 aromatic heterocycles. The van der Waals surface area contributed by atoms with Gasteiger partial charge in [-0.15, -0.1) is 0 Å². The Morgan fingerprint density at radius 1 is 1.10 bits per heavy atom. The fraction of sp³-hybridized carbons (Fsp3) is 1.00. The van der Waals surface area contributed by atoms with Crippen molar-refractivity contribution in [2.45, 2.75) is 64.3 Å². The van der Waals surface area contributed by atoms with Crippen LogP contribution in [0, 0.1) is 5.92 Å². The van der Waals surface area contributed by atoms with Crippen LogP contribution in [-0.2, 0) is 10.0 Å². The van der Waals surface area contributed by atoms with Crippen LogP contribution in [0.1, 0.15) is 58.3 Å². The quantitative estimate of drug-likeness (QED) is 0.735. The fourth-order valence-electron chi connectivity index (χ4n) is 3.75. The highest BCUT2D eigenvalue weighted by molar-refractivity contribution is 7.89. The Balaban J connectivity index is 1.87. The van der Waals surface area contributed by atoms with Crippen LogP contribution < -0.4 is 5.32 Å². The molecule has 0 aromatic carbocycles. The number of nitrogens with one attached hydrogen (secondary N) is 1. The second-order valence-electron chi connectivity index (χ2n) is 6.24. The van der Waals surface area contributed by atoms with E-state index in [9.17, 15) is 8.42 Å².